The van der Waals surface area contributed by atoms with Crippen molar-refractivity contribution in [3.8, 4) is 0 Å². The van der Waals surface area contributed by atoms with Crippen LogP contribution in [0.3, 0.4) is 0 Å². The van der Waals surface area contributed by atoms with Gasteiger partial charge < -0.3 is 10.2 Å². The number of amides is 1. The normalized spacial score (nSPS) is 18.5. The highest BCUT2D eigenvalue weighted by Gasteiger charge is 2.16. The first-order chi connectivity index (χ1) is 5.34. The molecule has 1 saturated heterocycles. The molecule has 1 fully saturated rings. The standard InChI is InChI=1S/C7H13BrN2O/c8-2-1-7(11)10-5-3-9-4-6-10/h9H,1-6H2/p+1. The maximum atomic E-state index is 11.3. The number of halogens is 1. The van der Waals surface area contributed by atoms with Crippen molar-refractivity contribution in [3.63, 3.8) is 0 Å². The van der Waals surface area contributed by atoms with Gasteiger partial charge in [0.15, 0.2) is 0 Å². The Balaban J connectivity index is 2.27. The van der Waals surface area contributed by atoms with Gasteiger partial charge in [0.2, 0.25) is 5.91 Å². The van der Waals surface area contributed by atoms with E-state index in [9.17, 15) is 4.79 Å². The lowest BCUT2D eigenvalue weighted by Crippen LogP contribution is -2.89. The molecule has 3 nitrogen and oxygen atoms in total. The second-order valence-corrected chi connectivity index (χ2v) is 3.48. The summed E-state index contributed by atoms with van der Waals surface area (Å²) in [6, 6.07) is 0. The molecule has 0 bridgehead atoms. The molecule has 1 amide bonds. The smallest absolute Gasteiger partial charge is 0.223 e. The average molecular weight is 222 g/mol. The fourth-order valence-corrected chi connectivity index (χ4v) is 1.58. The lowest BCUT2D eigenvalue weighted by molar-refractivity contribution is -0.662. The Labute approximate surface area is 75.3 Å². The Morgan fingerprint density at radius 1 is 1.45 bits per heavy atom. The summed E-state index contributed by atoms with van der Waals surface area (Å²) >= 11 is 3.26. The summed E-state index contributed by atoms with van der Waals surface area (Å²) in [5.41, 5.74) is 0. The fraction of sp³-hybridized carbons (Fsp3) is 0.857. The lowest BCUT2D eigenvalue weighted by atomic mass is 10.3. The zero-order valence-electron chi connectivity index (χ0n) is 6.55. The van der Waals surface area contributed by atoms with E-state index in [2.05, 4.69) is 21.2 Å². The monoisotopic (exact) mass is 221 g/mol. The number of carbonyl (C=O) groups is 1. The van der Waals surface area contributed by atoms with Crippen LogP contribution in [-0.4, -0.2) is 42.3 Å². The Morgan fingerprint density at radius 3 is 2.64 bits per heavy atom. The summed E-state index contributed by atoms with van der Waals surface area (Å²) in [5, 5.41) is 3.03. The Kier molecular flexibility index (Phi) is 3.86. The number of rotatable bonds is 2. The minimum atomic E-state index is 0.287. The highest BCUT2D eigenvalue weighted by molar-refractivity contribution is 9.09. The Morgan fingerprint density at radius 2 is 2.09 bits per heavy atom. The summed E-state index contributed by atoms with van der Waals surface area (Å²) in [7, 11) is 0. The van der Waals surface area contributed by atoms with Gasteiger partial charge in [0.05, 0.1) is 26.2 Å². The first-order valence-corrected chi connectivity index (χ1v) is 5.12. The van der Waals surface area contributed by atoms with Crippen LogP contribution in [0, 0.1) is 0 Å². The van der Waals surface area contributed by atoms with Crippen LogP contribution in [0.1, 0.15) is 6.42 Å². The van der Waals surface area contributed by atoms with Gasteiger partial charge in [0, 0.05) is 11.8 Å². The second kappa shape index (κ2) is 4.72. The minimum Gasteiger partial charge on any atom is -0.343 e. The number of carbonyl (C=O) groups excluding carboxylic acids is 1. The Bertz CT molecular complexity index is 134. The van der Waals surface area contributed by atoms with Crippen molar-refractivity contribution in [2.45, 2.75) is 6.42 Å². The van der Waals surface area contributed by atoms with E-state index in [1.54, 1.807) is 0 Å². The van der Waals surface area contributed by atoms with Gasteiger partial charge in [-0.05, 0) is 0 Å². The predicted molar refractivity (Wildman–Crippen MR) is 46.7 cm³/mol. The van der Waals surface area contributed by atoms with Crippen LogP contribution in [0.15, 0.2) is 0 Å². The van der Waals surface area contributed by atoms with E-state index >= 15 is 0 Å². The van der Waals surface area contributed by atoms with Crippen LogP contribution in [0.4, 0.5) is 0 Å². The van der Waals surface area contributed by atoms with E-state index in [-0.39, 0.29) is 5.91 Å². The van der Waals surface area contributed by atoms with Gasteiger partial charge in [0.1, 0.15) is 0 Å². The van der Waals surface area contributed by atoms with Gasteiger partial charge in [-0.25, -0.2) is 0 Å². The highest BCUT2D eigenvalue weighted by Crippen LogP contribution is 1.96. The molecule has 2 N–H and O–H groups in total. The molecule has 0 atom stereocenters. The van der Waals surface area contributed by atoms with Crippen molar-refractivity contribution in [1.82, 2.24) is 4.90 Å². The molecule has 0 spiro atoms. The van der Waals surface area contributed by atoms with E-state index in [1.165, 1.54) is 0 Å². The molecule has 0 aromatic rings. The molecule has 0 radical (unpaired) electrons. The summed E-state index contributed by atoms with van der Waals surface area (Å²) in [5.74, 6) is 0.287. The van der Waals surface area contributed by atoms with E-state index in [0.717, 1.165) is 31.5 Å². The van der Waals surface area contributed by atoms with E-state index in [1.807, 2.05) is 4.90 Å². The van der Waals surface area contributed by atoms with Gasteiger partial charge >= 0.3 is 0 Å². The third-order valence-electron chi connectivity index (χ3n) is 1.87. The predicted octanol–water partition coefficient (Wildman–Crippen LogP) is -0.823. The van der Waals surface area contributed by atoms with Crippen LogP contribution in [0.5, 0.6) is 0 Å². The molecule has 64 valence electrons. The van der Waals surface area contributed by atoms with Crippen LogP contribution in [-0.2, 0) is 4.79 Å². The molecule has 0 aliphatic carbocycles. The molecule has 0 saturated carbocycles. The summed E-state index contributed by atoms with van der Waals surface area (Å²) in [6.07, 6.45) is 0.639. The minimum absolute atomic E-state index is 0.287. The quantitative estimate of drug-likeness (QED) is 0.609. The van der Waals surface area contributed by atoms with Crippen LogP contribution >= 0.6 is 15.9 Å². The van der Waals surface area contributed by atoms with Crippen LogP contribution in [0.25, 0.3) is 0 Å². The van der Waals surface area contributed by atoms with Gasteiger partial charge in [-0.1, -0.05) is 15.9 Å². The molecular formula is C7H14BrN2O+. The molecule has 1 aliphatic rings. The number of nitrogens with two attached hydrogens (primary N) is 1. The van der Waals surface area contributed by atoms with Crippen molar-refractivity contribution in [1.29, 1.82) is 0 Å². The molecule has 0 aromatic carbocycles. The second-order valence-electron chi connectivity index (χ2n) is 2.69. The van der Waals surface area contributed by atoms with Crippen molar-refractivity contribution >= 4 is 21.8 Å². The number of nitrogens with zero attached hydrogens (tertiary/aromatic N) is 1. The van der Waals surface area contributed by atoms with E-state index in [0.29, 0.717) is 6.42 Å². The molecular weight excluding hydrogens is 208 g/mol. The summed E-state index contributed by atoms with van der Waals surface area (Å²) in [4.78, 5) is 13.2. The molecule has 0 unspecified atom stereocenters. The van der Waals surface area contributed by atoms with Crippen molar-refractivity contribution < 1.29 is 10.1 Å². The number of alkyl halides is 1. The van der Waals surface area contributed by atoms with E-state index in [4.69, 9.17) is 0 Å². The van der Waals surface area contributed by atoms with Gasteiger partial charge in [-0.3, -0.25) is 4.79 Å². The maximum Gasteiger partial charge on any atom is 0.223 e. The lowest BCUT2D eigenvalue weighted by Gasteiger charge is -2.24. The molecule has 1 aliphatic heterocycles. The van der Waals surface area contributed by atoms with E-state index < -0.39 is 0 Å². The van der Waals surface area contributed by atoms with Gasteiger partial charge in [-0.15, -0.1) is 0 Å². The fourth-order valence-electron chi connectivity index (χ4n) is 1.24. The summed E-state index contributed by atoms with van der Waals surface area (Å²) in [6.45, 7) is 3.97. The number of hydrogen-bond donors (Lipinski definition) is 1. The Hall–Kier alpha value is -0.0900. The number of piperazine rings is 1. The molecule has 11 heavy (non-hydrogen) atoms. The van der Waals surface area contributed by atoms with Crippen LogP contribution < -0.4 is 5.32 Å². The van der Waals surface area contributed by atoms with Crippen molar-refractivity contribution in [3.05, 3.63) is 0 Å². The average Bonchev–Trinajstić information content (AvgIpc) is 2.07. The number of hydrogen-bond acceptors (Lipinski definition) is 1. The van der Waals surface area contributed by atoms with Crippen molar-refractivity contribution in [2.24, 2.45) is 0 Å². The first-order valence-electron chi connectivity index (χ1n) is 4.00. The largest absolute Gasteiger partial charge is 0.343 e. The third kappa shape index (κ3) is 2.79. The van der Waals surface area contributed by atoms with Crippen molar-refractivity contribution in [2.75, 3.05) is 31.5 Å². The maximum absolute atomic E-state index is 11.3. The zero-order chi connectivity index (χ0) is 8.10. The first kappa shape index (κ1) is 9.00. The van der Waals surface area contributed by atoms with Gasteiger partial charge in [-0.2, -0.15) is 0 Å². The number of quaternary nitrogens is 1. The zero-order valence-corrected chi connectivity index (χ0v) is 8.14. The summed E-state index contributed by atoms with van der Waals surface area (Å²) < 4.78 is 0. The third-order valence-corrected chi connectivity index (χ3v) is 2.26. The topological polar surface area (TPSA) is 36.9 Å². The highest BCUT2D eigenvalue weighted by atomic mass is 79.9. The molecule has 0 aromatic heterocycles. The van der Waals surface area contributed by atoms with Crippen LogP contribution in [0.2, 0.25) is 0 Å². The molecule has 1 rings (SSSR count). The van der Waals surface area contributed by atoms with Gasteiger partial charge in [0.25, 0.3) is 0 Å². The molecule has 1 heterocycles. The SMILES string of the molecule is O=C(CCBr)N1CC[NH2+]CC1. The molecule has 4 heteroatoms.